The Bertz CT molecular complexity index is 478. The Morgan fingerprint density at radius 3 is 2.65 bits per heavy atom. The van der Waals surface area contributed by atoms with Gasteiger partial charge in [-0.1, -0.05) is 0 Å². The molecule has 0 aromatic carbocycles. The Kier molecular flexibility index (Phi) is 3.51. The number of pyridine rings is 1. The summed E-state index contributed by atoms with van der Waals surface area (Å²) in [7, 11) is 0. The first-order valence-electron chi connectivity index (χ1n) is 4.26. The molecule has 0 atom stereocenters. The quantitative estimate of drug-likeness (QED) is 0.608. The summed E-state index contributed by atoms with van der Waals surface area (Å²) in [6.07, 6.45) is -3.98. The van der Waals surface area contributed by atoms with Gasteiger partial charge in [0.25, 0.3) is 6.43 Å². The lowest BCUT2D eigenvalue weighted by Crippen LogP contribution is -2.10. The van der Waals surface area contributed by atoms with Crippen molar-refractivity contribution in [2.45, 2.75) is 12.8 Å². The number of nitrogens with zero attached hydrogens (tertiary/aromatic N) is 2. The summed E-state index contributed by atoms with van der Waals surface area (Å²) in [6.45, 7) is 0. The van der Waals surface area contributed by atoms with Crippen molar-refractivity contribution in [3.63, 3.8) is 0 Å². The third-order valence-corrected chi connectivity index (χ3v) is 1.89. The summed E-state index contributed by atoms with van der Waals surface area (Å²) in [5.74, 6) is -2.88. The topological polar surface area (TPSA) is 119 Å². The molecule has 3 N–H and O–H groups in total. The van der Waals surface area contributed by atoms with Crippen LogP contribution in [0.3, 0.4) is 0 Å². The van der Waals surface area contributed by atoms with Gasteiger partial charge in [0.2, 0.25) is 5.82 Å². The van der Waals surface area contributed by atoms with E-state index < -0.39 is 46.5 Å². The first-order valence-corrected chi connectivity index (χ1v) is 4.26. The number of alkyl halides is 2. The van der Waals surface area contributed by atoms with Crippen molar-refractivity contribution in [2.24, 2.45) is 0 Å². The number of carbonyl (C=O) groups is 1. The minimum Gasteiger partial charge on any atom is -0.481 e. The minimum atomic E-state index is -3.06. The van der Waals surface area contributed by atoms with Gasteiger partial charge in [0, 0.05) is 11.6 Å². The summed E-state index contributed by atoms with van der Waals surface area (Å²) in [5.41, 5.74) is 3.72. The fourth-order valence-electron chi connectivity index (χ4n) is 1.28. The molecule has 0 aliphatic rings. The van der Waals surface area contributed by atoms with E-state index in [1.165, 1.54) is 0 Å². The molecule has 9 heteroatoms. The molecular weight excluding hydrogens is 240 g/mol. The predicted molar refractivity (Wildman–Crippen MR) is 51.6 cm³/mol. The second-order valence-electron chi connectivity index (χ2n) is 3.07. The molecule has 0 fully saturated rings. The summed E-state index contributed by atoms with van der Waals surface area (Å²) < 4.78 is 25.2. The van der Waals surface area contributed by atoms with Crippen LogP contribution in [0, 0.1) is 10.1 Å². The molecule has 92 valence electrons. The predicted octanol–water partition coefficient (Wildman–Crippen LogP) is 1.14. The Hall–Kier alpha value is -2.32. The van der Waals surface area contributed by atoms with Crippen LogP contribution in [0.4, 0.5) is 20.4 Å². The number of carboxylic acid groups (broad SMARTS) is 1. The highest BCUT2D eigenvalue weighted by molar-refractivity contribution is 5.72. The van der Waals surface area contributed by atoms with Gasteiger partial charge in [-0.05, 0) is 9.91 Å². The smallest absolute Gasteiger partial charge is 0.370 e. The van der Waals surface area contributed by atoms with E-state index in [1.807, 2.05) is 0 Å². The third kappa shape index (κ3) is 2.83. The highest BCUT2D eigenvalue weighted by atomic mass is 19.3. The third-order valence-electron chi connectivity index (χ3n) is 1.89. The monoisotopic (exact) mass is 247 g/mol. The van der Waals surface area contributed by atoms with Gasteiger partial charge in [-0.2, -0.15) is 0 Å². The van der Waals surface area contributed by atoms with Gasteiger partial charge in [-0.3, -0.25) is 4.79 Å². The van der Waals surface area contributed by atoms with Crippen molar-refractivity contribution < 1.29 is 23.6 Å². The van der Waals surface area contributed by atoms with Crippen molar-refractivity contribution in [1.82, 2.24) is 4.98 Å². The molecule has 7 nitrogen and oxygen atoms in total. The summed E-state index contributed by atoms with van der Waals surface area (Å²) >= 11 is 0. The number of hydrogen-bond acceptors (Lipinski definition) is 5. The van der Waals surface area contributed by atoms with Crippen molar-refractivity contribution in [3.05, 3.63) is 27.3 Å². The molecule has 1 aromatic heterocycles. The first-order chi connectivity index (χ1) is 7.82. The molecule has 1 rings (SSSR count). The second kappa shape index (κ2) is 4.68. The molecule has 17 heavy (non-hydrogen) atoms. The van der Waals surface area contributed by atoms with E-state index in [1.54, 1.807) is 0 Å². The van der Waals surface area contributed by atoms with Crippen LogP contribution in [-0.2, 0) is 11.2 Å². The van der Waals surface area contributed by atoms with Crippen molar-refractivity contribution in [1.29, 1.82) is 0 Å². The summed E-state index contributed by atoms with van der Waals surface area (Å²) in [4.78, 5) is 23.3. The van der Waals surface area contributed by atoms with Crippen LogP contribution in [0.5, 0.6) is 0 Å². The van der Waals surface area contributed by atoms with Crippen LogP contribution in [-0.4, -0.2) is 21.0 Å². The zero-order chi connectivity index (χ0) is 13.2. The highest BCUT2D eigenvalue weighted by Gasteiger charge is 2.27. The molecule has 0 unspecified atom stereocenters. The average molecular weight is 247 g/mol. The van der Waals surface area contributed by atoms with Gasteiger partial charge in [0.05, 0.1) is 12.0 Å². The SMILES string of the molecule is Nc1cc(C(F)F)c(CC(=O)O)c([N+](=O)[O-])n1. The normalized spacial score (nSPS) is 10.5. The molecule has 0 saturated heterocycles. The number of hydrogen-bond donors (Lipinski definition) is 2. The maximum Gasteiger partial charge on any atom is 0.370 e. The van der Waals surface area contributed by atoms with Gasteiger partial charge < -0.3 is 21.0 Å². The average Bonchev–Trinajstić information content (AvgIpc) is 2.18. The maximum atomic E-state index is 12.6. The number of nitrogen functional groups attached to an aromatic ring is 1. The van der Waals surface area contributed by atoms with E-state index in [9.17, 15) is 23.7 Å². The number of nitro groups is 1. The molecule has 0 aliphatic carbocycles. The van der Waals surface area contributed by atoms with Crippen molar-refractivity contribution in [3.8, 4) is 0 Å². The number of rotatable bonds is 4. The molecule has 0 amide bonds. The molecule has 0 aliphatic heterocycles. The zero-order valence-corrected chi connectivity index (χ0v) is 8.26. The Morgan fingerprint density at radius 2 is 2.24 bits per heavy atom. The number of nitrogens with two attached hydrogens (primary N) is 1. The molecule has 0 radical (unpaired) electrons. The van der Waals surface area contributed by atoms with Gasteiger partial charge in [-0.25, -0.2) is 8.78 Å². The van der Waals surface area contributed by atoms with Crippen molar-refractivity contribution in [2.75, 3.05) is 5.73 Å². The van der Waals surface area contributed by atoms with Gasteiger partial charge in [-0.15, -0.1) is 0 Å². The largest absolute Gasteiger partial charge is 0.481 e. The van der Waals surface area contributed by atoms with Gasteiger partial charge in [0.1, 0.15) is 0 Å². The number of aromatic nitrogens is 1. The number of anilines is 1. The van der Waals surface area contributed by atoms with E-state index >= 15 is 0 Å². The van der Waals surface area contributed by atoms with Crippen LogP contribution in [0.15, 0.2) is 6.07 Å². The van der Waals surface area contributed by atoms with E-state index in [0.29, 0.717) is 0 Å². The minimum absolute atomic E-state index is 0.457. The molecule has 0 bridgehead atoms. The fraction of sp³-hybridized carbons (Fsp3) is 0.250. The lowest BCUT2D eigenvalue weighted by Gasteiger charge is -2.07. The first kappa shape index (κ1) is 12.7. The van der Waals surface area contributed by atoms with E-state index in [2.05, 4.69) is 4.98 Å². The molecule has 1 heterocycles. The van der Waals surface area contributed by atoms with Crippen LogP contribution in [0.2, 0.25) is 0 Å². The van der Waals surface area contributed by atoms with Gasteiger partial charge in [0.15, 0.2) is 0 Å². The van der Waals surface area contributed by atoms with Crippen LogP contribution in [0.1, 0.15) is 17.6 Å². The lowest BCUT2D eigenvalue weighted by molar-refractivity contribution is -0.390. The number of carboxylic acids is 1. The number of halogens is 2. The van der Waals surface area contributed by atoms with Crippen LogP contribution >= 0.6 is 0 Å². The maximum absolute atomic E-state index is 12.6. The number of aliphatic carboxylic acids is 1. The molecule has 1 aromatic rings. The second-order valence-corrected chi connectivity index (χ2v) is 3.07. The van der Waals surface area contributed by atoms with Crippen molar-refractivity contribution >= 4 is 17.6 Å². The lowest BCUT2D eigenvalue weighted by atomic mass is 10.1. The molecule has 0 saturated carbocycles. The molecule has 0 spiro atoms. The Balaban J connectivity index is 3.46. The highest BCUT2D eigenvalue weighted by Crippen LogP contribution is 2.30. The van der Waals surface area contributed by atoms with E-state index in [4.69, 9.17) is 10.8 Å². The Labute approximate surface area is 93.0 Å². The van der Waals surface area contributed by atoms with Gasteiger partial charge >= 0.3 is 11.8 Å². The van der Waals surface area contributed by atoms with Crippen LogP contribution in [0.25, 0.3) is 0 Å². The Morgan fingerprint density at radius 1 is 1.65 bits per heavy atom. The standard InChI is InChI=1S/C8H7F2N3O4/c9-7(10)3-1-5(11)12-8(13(16)17)4(3)2-6(14)15/h1,7H,2H2,(H2,11,12)(H,14,15). The van der Waals surface area contributed by atoms with E-state index in [0.717, 1.165) is 6.07 Å². The molecular formula is C8H7F2N3O4. The summed E-state index contributed by atoms with van der Waals surface area (Å²) in [6, 6.07) is 0.732. The zero-order valence-electron chi connectivity index (χ0n) is 8.26. The summed E-state index contributed by atoms with van der Waals surface area (Å²) in [5, 5.41) is 19.1. The van der Waals surface area contributed by atoms with E-state index in [-0.39, 0.29) is 0 Å². The fourth-order valence-corrected chi connectivity index (χ4v) is 1.28. The van der Waals surface area contributed by atoms with Crippen LogP contribution < -0.4 is 5.73 Å².